The Balaban J connectivity index is 2.56. The summed E-state index contributed by atoms with van der Waals surface area (Å²) in [6.45, 7) is 3.79. The van der Waals surface area contributed by atoms with Crippen molar-refractivity contribution in [2.24, 2.45) is 0 Å². The molecule has 4 heteroatoms. The molecule has 0 bridgehead atoms. The standard InChI is InChI=1S/C15H13BrClFO/c1-8-7-11(16)9(2)6-10(8)15(19)14-12(17)4-3-5-13(14)18/h3-7,15,19H,1-2H3. The summed E-state index contributed by atoms with van der Waals surface area (Å²) < 4.78 is 14.8. The third-order valence-corrected chi connectivity index (χ3v) is 4.30. The molecule has 1 unspecified atom stereocenters. The van der Waals surface area contributed by atoms with E-state index in [0.717, 1.165) is 15.6 Å². The topological polar surface area (TPSA) is 20.2 Å². The number of hydrogen-bond acceptors (Lipinski definition) is 1. The first-order chi connectivity index (χ1) is 8.91. The van der Waals surface area contributed by atoms with Crippen LogP contribution in [0, 0.1) is 19.7 Å². The highest BCUT2D eigenvalue weighted by Gasteiger charge is 2.20. The summed E-state index contributed by atoms with van der Waals surface area (Å²) in [6.07, 6.45) is -1.07. The van der Waals surface area contributed by atoms with Crippen molar-refractivity contribution in [2.75, 3.05) is 0 Å². The number of halogens is 3. The first kappa shape index (κ1) is 14.5. The largest absolute Gasteiger partial charge is 0.383 e. The molecule has 0 radical (unpaired) electrons. The molecule has 2 rings (SSSR count). The van der Waals surface area contributed by atoms with E-state index in [1.807, 2.05) is 26.0 Å². The molecule has 0 aliphatic heterocycles. The van der Waals surface area contributed by atoms with Crippen LogP contribution in [0.1, 0.15) is 28.4 Å². The van der Waals surface area contributed by atoms with Gasteiger partial charge in [-0.1, -0.05) is 39.7 Å². The molecule has 0 saturated carbocycles. The Hall–Kier alpha value is -0.900. The van der Waals surface area contributed by atoms with E-state index in [2.05, 4.69) is 15.9 Å². The molecule has 0 amide bonds. The molecule has 19 heavy (non-hydrogen) atoms. The minimum Gasteiger partial charge on any atom is -0.383 e. The molecule has 0 aliphatic rings. The summed E-state index contributed by atoms with van der Waals surface area (Å²) >= 11 is 9.42. The minimum atomic E-state index is -1.07. The van der Waals surface area contributed by atoms with Gasteiger partial charge in [0.05, 0.1) is 0 Å². The molecule has 0 saturated heterocycles. The predicted octanol–water partition coefficient (Wildman–Crippen LogP) is 4.94. The molecular weight excluding hydrogens is 331 g/mol. The SMILES string of the molecule is Cc1cc(C(O)c2c(F)cccc2Cl)c(C)cc1Br. The quantitative estimate of drug-likeness (QED) is 0.819. The van der Waals surface area contributed by atoms with E-state index in [9.17, 15) is 9.50 Å². The highest BCUT2D eigenvalue weighted by Crippen LogP contribution is 2.34. The van der Waals surface area contributed by atoms with Crippen LogP contribution in [-0.4, -0.2) is 5.11 Å². The van der Waals surface area contributed by atoms with E-state index in [0.29, 0.717) is 5.56 Å². The monoisotopic (exact) mass is 342 g/mol. The summed E-state index contributed by atoms with van der Waals surface area (Å²) in [7, 11) is 0. The van der Waals surface area contributed by atoms with Crippen LogP contribution in [0.25, 0.3) is 0 Å². The van der Waals surface area contributed by atoms with Crippen LogP contribution in [-0.2, 0) is 0 Å². The van der Waals surface area contributed by atoms with Gasteiger partial charge < -0.3 is 5.11 Å². The smallest absolute Gasteiger partial charge is 0.130 e. The molecule has 1 atom stereocenters. The number of aryl methyl sites for hydroxylation is 2. The Bertz CT molecular complexity index is 608. The van der Waals surface area contributed by atoms with E-state index in [-0.39, 0.29) is 10.6 Å². The molecule has 2 aromatic carbocycles. The molecule has 0 heterocycles. The Morgan fingerprint density at radius 1 is 1.21 bits per heavy atom. The summed E-state index contributed by atoms with van der Waals surface area (Å²) in [5.41, 5.74) is 2.64. The lowest BCUT2D eigenvalue weighted by molar-refractivity contribution is 0.214. The van der Waals surface area contributed by atoms with Crippen molar-refractivity contribution in [3.63, 3.8) is 0 Å². The normalized spacial score (nSPS) is 12.5. The molecule has 0 fully saturated rings. The first-order valence-corrected chi connectivity index (χ1v) is 6.97. The van der Waals surface area contributed by atoms with Gasteiger partial charge in [0.2, 0.25) is 0 Å². The van der Waals surface area contributed by atoms with Crippen LogP contribution in [0.3, 0.4) is 0 Å². The predicted molar refractivity (Wildman–Crippen MR) is 79.1 cm³/mol. The van der Waals surface area contributed by atoms with E-state index in [1.54, 1.807) is 6.07 Å². The second-order valence-corrected chi connectivity index (χ2v) is 5.76. The maximum absolute atomic E-state index is 13.8. The van der Waals surface area contributed by atoms with Gasteiger partial charge >= 0.3 is 0 Å². The van der Waals surface area contributed by atoms with Crippen LogP contribution in [0.4, 0.5) is 4.39 Å². The number of hydrogen-bond donors (Lipinski definition) is 1. The zero-order valence-corrected chi connectivity index (χ0v) is 12.9. The minimum absolute atomic E-state index is 0.119. The van der Waals surface area contributed by atoms with Gasteiger partial charge in [-0.2, -0.15) is 0 Å². The van der Waals surface area contributed by atoms with Gasteiger partial charge in [0.15, 0.2) is 0 Å². The summed E-state index contributed by atoms with van der Waals surface area (Å²) in [5.74, 6) is -0.500. The fourth-order valence-electron chi connectivity index (χ4n) is 2.03. The Labute approximate surface area is 125 Å². The van der Waals surface area contributed by atoms with Gasteiger partial charge in [-0.05, 0) is 48.7 Å². The van der Waals surface area contributed by atoms with Crippen molar-refractivity contribution in [1.82, 2.24) is 0 Å². The Morgan fingerprint density at radius 3 is 2.53 bits per heavy atom. The van der Waals surface area contributed by atoms with Crippen molar-refractivity contribution in [3.05, 3.63) is 67.9 Å². The molecule has 0 aromatic heterocycles. The van der Waals surface area contributed by atoms with Gasteiger partial charge in [-0.15, -0.1) is 0 Å². The van der Waals surface area contributed by atoms with E-state index in [1.165, 1.54) is 12.1 Å². The maximum Gasteiger partial charge on any atom is 0.130 e. The second kappa shape index (κ2) is 5.61. The van der Waals surface area contributed by atoms with E-state index < -0.39 is 11.9 Å². The fraction of sp³-hybridized carbons (Fsp3) is 0.200. The van der Waals surface area contributed by atoms with Gasteiger partial charge in [0.1, 0.15) is 11.9 Å². The van der Waals surface area contributed by atoms with Gasteiger partial charge in [0, 0.05) is 15.1 Å². The highest BCUT2D eigenvalue weighted by atomic mass is 79.9. The number of aliphatic hydroxyl groups is 1. The van der Waals surface area contributed by atoms with Crippen LogP contribution < -0.4 is 0 Å². The van der Waals surface area contributed by atoms with Crippen LogP contribution in [0.2, 0.25) is 5.02 Å². The number of rotatable bonds is 2. The van der Waals surface area contributed by atoms with Gasteiger partial charge in [-0.25, -0.2) is 4.39 Å². The van der Waals surface area contributed by atoms with Crippen LogP contribution in [0.15, 0.2) is 34.8 Å². The molecule has 1 nitrogen and oxygen atoms in total. The number of benzene rings is 2. The molecule has 0 aliphatic carbocycles. The van der Waals surface area contributed by atoms with Crippen molar-refractivity contribution in [1.29, 1.82) is 0 Å². The zero-order chi connectivity index (χ0) is 14.2. The average molecular weight is 344 g/mol. The maximum atomic E-state index is 13.8. The molecule has 100 valence electrons. The van der Waals surface area contributed by atoms with E-state index >= 15 is 0 Å². The third kappa shape index (κ3) is 2.83. The number of aliphatic hydroxyl groups excluding tert-OH is 1. The van der Waals surface area contributed by atoms with Crippen molar-refractivity contribution >= 4 is 27.5 Å². The van der Waals surface area contributed by atoms with Crippen molar-refractivity contribution in [2.45, 2.75) is 20.0 Å². The van der Waals surface area contributed by atoms with Crippen LogP contribution in [0.5, 0.6) is 0 Å². The summed E-state index contributed by atoms with van der Waals surface area (Å²) in [5, 5.41) is 10.6. The first-order valence-electron chi connectivity index (χ1n) is 5.80. The average Bonchev–Trinajstić information content (AvgIpc) is 2.33. The molecular formula is C15H13BrClFO. The van der Waals surface area contributed by atoms with Gasteiger partial charge in [0.25, 0.3) is 0 Å². The lowest BCUT2D eigenvalue weighted by atomic mass is 9.95. The van der Waals surface area contributed by atoms with Crippen molar-refractivity contribution < 1.29 is 9.50 Å². The van der Waals surface area contributed by atoms with Crippen LogP contribution >= 0.6 is 27.5 Å². The Kier molecular flexibility index (Phi) is 4.29. The Morgan fingerprint density at radius 2 is 1.89 bits per heavy atom. The van der Waals surface area contributed by atoms with E-state index in [4.69, 9.17) is 11.6 Å². The lowest BCUT2D eigenvalue weighted by Crippen LogP contribution is -2.06. The zero-order valence-electron chi connectivity index (χ0n) is 10.5. The third-order valence-electron chi connectivity index (χ3n) is 3.12. The molecule has 2 aromatic rings. The highest BCUT2D eigenvalue weighted by molar-refractivity contribution is 9.10. The summed E-state index contributed by atoms with van der Waals surface area (Å²) in [4.78, 5) is 0. The van der Waals surface area contributed by atoms with Gasteiger partial charge in [-0.3, -0.25) is 0 Å². The summed E-state index contributed by atoms with van der Waals surface area (Å²) in [6, 6.07) is 8.14. The van der Waals surface area contributed by atoms with Crippen molar-refractivity contribution in [3.8, 4) is 0 Å². The molecule has 0 spiro atoms. The second-order valence-electron chi connectivity index (χ2n) is 4.50. The lowest BCUT2D eigenvalue weighted by Gasteiger charge is -2.17. The fourth-order valence-corrected chi connectivity index (χ4v) is 2.75. The molecule has 1 N–H and O–H groups in total.